The standard InChI is InChI=1S/C11H10N2/c1-8-5-9(2)11(7-13)10(6-8)3-4-12/h5-6H,3H2,1-2H3. The zero-order valence-corrected chi connectivity index (χ0v) is 7.76. The van der Waals surface area contributed by atoms with E-state index in [2.05, 4.69) is 12.1 Å². The van der Waals surface area contributed by atoms with Crippen molar-refractivity contribution in [3.8, 4) is 12.1 Å². The maximum Gasteiger partial charge on any atom is 0.0997 e. The van der Waals surface area contributed by atoms with Crippen molar-refractivity contribution in [3.05, 3.63) is 34.4 Å². The van der Waals surface area contributed by atoms with Gasteiger partial charge < -0.3 is 0 Å². The summed E-state index contributed by atoms with van der Waals surface area (Å²) in [6.45, 7) is 3.86. The van der Waals surface area contributed by atoms with E-state index in [0.29, 0.717) is 12.0 Å². The van der Waals surface area contributed by atoms with Crippen LogP contribution in [0.1, 0.15) is 22.3 Å². The van der Waals surface area contributed by atoms with E-state index in [9.17, 15) is 0 Å². The van der Waals surface area contributed by atoms with Crippen LogP contribution in [0.15, 0.2) is 12.1 Å². The smallest absolute Gasteiger partial charge is 0.0997 e. The fourth-order valence-electron chi connectivity index (χ4n) is 1.44. The Balaban J connectivity index is 3.33. The van der Waals surface area contributed by atoms with Crippen LogP contribution in [0.25, 0.3) is 0 Å². The summed E-state index contributed by atoms with van der Waals surface area (Å²) in [5, 5.41) is 17.4. The van der Waals surface area contributed by atoms with Crippen LogP contribution in [0, 0.1) is 36.5 Å². The van der Waals surface area contributed by atoms with Crippen molar-refractivity contribution in [2.45, 2.75) is 20.3 Å². The Morgan fingerprint density at radius 2 is 1.92 bits per heavy atom. The van der Waals surface area contributed by atoms with Gasteiger partial charge in [-0.25, -0.2) is 0 Å². The summed E-state index contributed by atoms with van der Waals surface area (Å²) < 4.78 is 0. The quantitative estimate of drug-likeness (QED) is 0.648. The predicted octanol–water partition coefficient (Wildman–Crippen LogP) is 2.24. The van der Waals surface area contributed by atoms with Crippen LogP contribution < -0.4 is 0 Å². The molecule has 1 aromatic carbocycles. The highest BCUT2D eigenvalue weighted by Crippen LogP contribution is 2.16. The van der Waals surface area contributed by atoms with Crippen molar-refractivity contribution >= 4 is 0 Å². The molecular weight excluding hydrogens is 160 g/mol. The lowest BCUT2D eigenvalue weighted by Crippen LogP contribution is -1.93. The third-order valence-electron chi connectivity index (χ3n) is 1.94. The van der Waals surface area contributed by atoms with Gasteiger partial charge in [0.2, 0.25) is 0 Å². The van der Waals surface area contributed by atoms with Gasteiger partial charge in [-0.15, -0.1) is 0 Å². The second-order valence-electron chi connectivity index (χ2n) is 3.06. The molecule has 0 spiro atoms. The number of benzene rings is 1. The first-order valence-corrected chi connectivity index (χ1v) is 4.06. The van der Waals surface area contributed by atoms with Crippen LogP contribution in [0.3, 0.4) is 0 Å². The molecule has 13 heavy (non-hydrogen) atoms. The van der Waals surface area contributed by atoms with Crippen molar-refractivity contribution in [2.75, 3.05) is 0 Å². The molecule has 0 aliphatic heterocycles. The van der Waals surface area contributed by atoms with Gasteiger partial charge in [-0.3, -0.25) is 0 Å². The predicted molar refractivity (Wildman–Crippen MR) is 49.9 cm³/mol. The van der Waals surface area contributed by atoms with E-state index in [1.807, 2.05) is 26.0 Å². The van der Waals surface area contributed by atoms with Gasteiger partial charge in [-0.1, -0.05) is 17.7 Å². The number of hydrogen-bond donors (Lipinski definition) is 0. The SMILES string of the molecule is Cc1cc(C)c(C#N)c(CC#N)c1. The summed E-state index contributed by atoms with van der Waals surface area (Å²) in [6, 6.07) is 8.04. The second kappa shape index (κ2) is 3.74. The van der Waals surface area contributed by atoms with Crippen molar-refractivity contribution in [3.63, 3.8) is 0 Å². The Labute approximate surface area is 78.0 Å². The van der Waals surface area contributed by atoms with E-state index in [1.165, 1.54) is 0 Å². The molecule has 0 unspecified atom stereocenters. The first kappa shape index (κ1) is 9.29. The number of nitriles is 2. The monoisotopic (exact) mass is 170 g/mol. The Morgan fingerprint density at radius 3 is 2.46 bits per heavy atom. The Morgan fingerprint density at radius 1 is 1.23 bits per heavy atom. The van der Waals surface area contributed by atoms with Crippen LogP contribution in [0.2, 0.25) is 0 Å². The van der Waals surface area contributed by atoms with E-state index >= 15 is 0 Å². The molecule has 0 aliphatic carbocycles. The lowest BCUT2D eigenvalue weighted by atomic mass is 9.98. The largest absolute Gasteiger partial charge is 0.198 e. The van der Waals surface area contributed by atoms with Crippen LogP contribution in [-0.4, -0.2) is 0 Å². The van der Waals surface area contributed by atoms with Gasteiger partial charge in [0, 0.05) is 0 Å². The zero-order valence-electron chi connectivity index (χ0n) is 7.76. The molecule has 0 saturated carbocycles. The molecule has 0 saturated heterocycles. The first-order chi connectivity index (χ1) is 6.19. The van der Waals surface area contributed by atoms with Crippen molar-refractivity contribution in [1.82, 2.24) is 0 Å². The van der Waals surface area contributed by atoms with E-state index < -0.39 is 0 Å². The van der Waals surface area contributed by atoms with Crippen molar-refractivity contribution < 1.29 is 0 Å². The first-order valence-electron chi connectivity index (χ1n) is 4.06. The van der Waals surface area contributed by atoms with E-state index in [4.69, 9.17) is 10.5 Å². The zero-order chi connectivity index (χ0) is 9.84. The molecule has 0 N–H and O–H groups in total. The van der Waals surface area contributed by atoms with Gasteiger partial charge in [0.05, 0.1) is 24.1 Å². The third kappa shape index (κ3) is 1.86. The maximum absolute atomic E-state index is 8.86. The summed E-state index contributed by atoms with van der Waals surface area (Å²) in [6.07, 6.45) is 0.311. The number of aryl methyl sites for hydroxylation is 2. The molecule has 0 bridgehead atoms. The average Bonchev–Trinajstić information content (AvgIpc) is 2.04. The van der Waals surface area contributed by atoms with Gasteiger partial charge in [0.1, 0.15) is 0 Å². The van der Waals surface area contributed by atoms with Crippen molar-refractivity contribution in [2.24, 2.45) is 0 Å². The molecule has 0 heterocycles. The number of nitrogens with zero attached hydrogens (tertiary/aromatic N) is 2. The van der Waals surface area contributed by atoms with Crippen molar-refractivity contribution in [1.29, 1.82) is 10.5 Å². The van der Waals surface area contributed by atoms with Crippen LogP contribution >= 0.6 is 0 Å². The molecule has 1 rings (SSSR count). The molecule has 0 fully saturated rings. The highest BCUT2D eigenvalue weighted by Gasteiger charge is 2.05. The fourth-order valence-corrected chi connectivity index (χ4v) is 1.44. The number of rotatable bonds is 1. The van der Waals surface area contributed by atoms with E-state index in [0.717, 1.165) is 16.7 Å². The van der Waals surface area contributed by atoms with Crippen LogP contribution in [0.5, 0.6) is 0 Å². The summed E-state index contributed by atoms with van der Waals surface area (Å²) in [5.41, 5.74) is 3.53. The molecule has 0 amide bonds. The second-order valence-corrected chi connectivity index (χ2v) is 3.06. The molecule has 2 heteroatoms. The normalized spacial score (nSPS) is 8.92. The van der Waals surface area contributed by atoms with E-state index in [-0.39, 0.29) is 0 Å². The lowest BCUT2D eigenvalue weighted by Gasteiger charge is -2.04. The highest BCUT2D eigenvalue weighted by molar-refractivity contribution is 5.47. The topological polar surface area (TPSA) is 47.6 Å². The Bertz CT molecular complexity index is 405. The lowest BCUT2D eigenvalue weighted by molar-refractivity contribution is 1.20. The molecule has 0 atom stereocenters. The molecule has 0 radical (unpaired) electrons. The molecule has 64 valence electrons. The van der Waals surface area contributed by atoms with Gasteiger partial charge in [0.15, 0.2) is 0 Å². The molecular formula is C11H10N2. The summed E-state index contributed by atoms with van der Waals surface area (Å²) >= 11 is 0. The minimum absolute atomic E-state index is 0.311. The minimum atomic E-state index is 0.311. The molecule has 2 nitrogen and oxygen atoms in total. The average molecular weight is 170 g/mol. The third-order valence-corrected chi connectivity index (χ3v) is 1.94. The van der Waals surface area contributed by atoms with Crippen LogP contribution in [0.4, 0.5) is 0 Å². The summed E-state index contributed by atoms with van der Waals surface area (Å²) in [4.78, 5) is 0. The molecule has 0 aromatic heterocycles. The summed E-state index contributed by atoms with van der Waals surface area (Å²) in [5.74, 6) is 0. The Kier molecular flexibility index (Phi) is 2.67. The van der Waals surface area contributed by atoms with Gasteiger partial charge in [-0.2, -0.15) is 10.5 Å². The Hall–Kier alpha value is -1.80. The minimum Gasteiger partial charge on any atom is -0.198 e. The number of hydrogen-bond acceptors (Lipinski definition) is 2. The van der Waals surface area contributed by atoms with Gasteiger partial charge in [0.25, 0.3) is 0 Å². The highest BCUT2D eigenvalue weighted by atomic mass is 14.3. The molecule has 1 aromatic rings. The maximum atomic E-state index is 8.86. The van der Waals surface area contributed by atoms with Gasteiger partial charge >= 0.3 is 0 Å². The molecule has 0 aliphatic rings. The fraction of sp³-hybridized carbons (Fsp3) is 0.273. The van der Waals surface area contributed by atoms with E-state index in [1.54, 1.807) is 0 Å². The van der Waals surface area contributed by atoms with Gasteiger partial charge in [-0.05, 0) is 25.0 Å². The summed E-state index contributed by atoms with van der Waals surface area (Å²) in [7, 11) is 0. The van der Waals surface area contributed by atoms with Crippen LogP contribution in [-0.2, 0) is 6.42 Å².